The van der Waals surface area contributed by atoms with E-state index in [0.717, 1.165) is 11.3 Å². The van der Waals surface area contributed by atoms with Crippen molar-refractivity contribution in [3.8, 4) is 0 Å². The number of carbonyl (C=O) groups is 1. The van der Waals surface area contributed by atoms with E-state index in [1.165, 1.54) is 4.88 Å². The van der Waals surface area contributed by atoms with Crippen LogP contribution in [0, 0.1) is 0 Å². The molecule has 3 heterocycles. The fourth-order valence-corrected chi connectivity index (χ4v) is 4.64. The Bertz CT molecular complexity index is 803. The van der Waals surface area contributed by atoms with Crippen LogP contribution < -0.4 is 5.32 Å². The molecule has 1 aromatic carbocycles. The third kappa shape index (κ3) is 3.70. The number of benzene rings is 1. The Hall–Kier alpha value is -2.37. The normalized spacial score (nSPS) is 17.3. The molecule has 1 atom stereocenters. The maximum absolute atomic E-state index is 13.4. The van der Waals surface area contributed by atoms with E-state index in [9.17, 15) is 4.79 Å². The highest BCUT2D eigenvalue weighted by Gasteiger charge is 2.41. The van der Waals surface area contributed by atoms with E-state index in [1.54, 1.807) is 17.6 Å². The van der Waals surface area contributed by atoms with Gasteiger partial charge >= 0.3 is 0 Å². The first kappa shape index (κ1) is 18.0. The van der Waals surface area contributed by atoms with Crippen molar-refractivity contribution >= 4 is 17.2 Å². The summed E-state index contributed by atoms with van der Waals surface area (Å²) < 4.78 is 11.2. The molecule has 1 amide bonds. The molecule has 1 N–H and O–H groups in total. The Labute approximate surface area is 163 Å². The molecule has 5 heteroatoms. The van der Waals surface area contributed by atoms with E-state index < -0.39 is 5.41 Å². The van der Waals surface area contributed by atoms with Crippen LogP contribution in [0.4, 0.5) is 0 Å². The summed E-state index contributed by atoms with van der Waals surface area (Å²) in [4.78, 5) is 14.6. The third-order valence-corrected chi connectivity index (χ3v) is 6.33. The van der Waals surface area contributed by atoms with Crippen LogP contribution in [0.3, 0.4) is 0 Å². The lowest BCUT2D eigenvalue weighted by Crippen LogP contribution is -2.48. The largest absolute Gasteiger partial charge is 0.469 e. The molecular weight excluding hydrogens is 358 g/mol. The van der Waals surface area contributed by atoms with Gasteiger partial charge in [0, 0.05) is 24.6 Å². The predicted molar refractivity (Wildman–Crippen MR) is 106 cm³/mol. The number of rotatable bonds is 6. The van der Waals surface area contributed by atoms with Crippen molar-refractivity contribution in [2.75, 3.05) is 19.8 Å². The average Bonchev–Trinajstić information content (AvgIpc) is 3.44. The molecule has 0 unspecified atom stereocenters. The zero-order chi connectivity index (χ0) is 18.5. The number of thiophene rings is 1. The van der Waals surface area contributed by atoms with Crippen molar-refractivity contribution in [2.45, 2.75) is 24.2 Å². The summed E-state index contributed by atoms with van der Waals surface area (Å²) in [6.07, 6.45) is 3.09. The number of hydrogen-bond donors (Lipinski definition) is 1. The summed E-state index contributed by atoms with van der Waals surface area (Å²) in [6.45, 7) is 1.73. The first-order valence-corrected chi connectivity index (χ1v) is 10.2. The molecular formula is C22H23NO3S. The van der Waals surface area contributed by atoms with Crippen molar-refractivity contribution in [2.24, 2.45) is 0 Å². The van der Waals surface area contributed by atoms with Gasteiger partial charge in [0.25, 0.3) is 0 Å². The van der Waals surface area contributed by atoms with Crippen LogP contribution >= 0.6 is 11.3 Å². The number of hydrogen-bond acceptors (Lipinski definition) is 4. The van der Waals surface area contributed by atoms with E-state index in [2.05, 4.69) is 16.8 Å². The Balaban J connectivity index is 1.56. The molecule has 140 valence electrons. The number of nitrogens with one attached hydrogen (secondary N) is 1. The van der Waals surface area contributed by atoms with Gasteiger partial charge in [0.1, 0.15) is 5.76 Å². The summed E-state index contributed by atoms with van der Waals surface area (Å²) in [5.41, 5.74) is 0.541. The fraction of sp³-hybridized carbons (Fsp3) is 0.318. The van der Waals surface area contributed by atoms with Crippen LogP contribution in [0.5, 0.6) is 0 Å². The highest BCUT2D eigenvalue weighted by molar-refractivity contribution is 7.10. The third-order valence-electron chi connectivity index (χ3n) is 5.35. The average molecular weight is 381 g/mol. The van der Waals surface area contributed by atoms with Crippen molar-refractivity contribution < 1.29 is 13.9 Å². The summed E-state index contributed by atoms with van der Waals surface area (Å²) in [5.74, 6) is 0.972. The number of carbonyl (C=O) groups excluding carboxylic acids is 1. The zero-order valence-corrected chi connectivity index (χ0v) is 15.9. The molecule has 1 fully saturated rings. The van der Waals surface area contributed by atoms with Crippen molar-refractivity contribution in [3.05, 3.63) is 82.4 Å². The van der Waals surface area contributed by atoms with Gasteiger partial charge in [-0.05, 0) is 42.0 Å². The SMILES string of the molecule is O=C(NC[C@@H](c1ccco1)c1cccs1)C1(c2ccccc2)CCOCC1. The van der Waals surface area contributed by atoms with Gasteiger partial charge in [0.2, 0.25) is 5.91 Å². The zero-order valence-electron chi connectivity index (χ0n) is 15.1. The minimum atomic E-state index is -0.525. The van der Waals surface area contributed by atoms with Crippen LogP contribution in [0.1, 0.15) is 35.0 Å². The molecule has 1 aliphatic rings. The van der Waals surface area contributed by atoms with Crippen molar-refractivity contribution in [1.29, 1.82) is 0 Å². The lowest BCUT2D eigenvalue weighted by Gasteiger charge is -2.36. The molecule has 0 spiro atoms. The van der Waals surface area contributed by atoms with E-state index in [0.29, 0.717) is 32.6 Å². The first-order valence-electron chi connectivity index (χ1n) is 9.28. The summed E-state index contributed by atoms with van der Waals surface area (Å²) in [7, 11) is 0. The van der Waals surface area contributed by atoms with Crippen LogP contribution in [-0.2, 0) is 14.9 Å². The molecule has 1 aliphatic heterocycles. The molecule has 2 aromatic heterocycles. The molecule has 4 rings (SSSR count). The van der Waals surface area contributed by atoms with Crippen LogP contribution in [-0.4, -0.2) is 25.7 Å². The Morgan fingerprint density at radius 1 is 1.07 bits per heavy atom. The quantitative estimate of drug-likeness (QED) is 0.691. The second-order valence-corrected chi connectivity index (χ2v) is 7.83. The maximum Gasteiger partial charge on any atom is 0.230 e. The molecule has 0 bridgehead atoms. The van der Waals surface area contributed by atoms with E-state index in [-0.39, 0.29) is 11.8 Å². The van der Waals surface area contributed by atoms with Crippen molar-refractivity contribution in [3.63, 3.8) is 0 Å². The number of furan rings is 1. The molecule has 4 nitrogen and oxygen atoms in total. The second kappa shape index (κ2) is 8.11. The van der Waals surface area contributed by atoms with Gasteiger partial charge in [-0.15, -0.1) is 11.3 Å². The van der Waals surface area contributed by atoms with E-state index >= 15 is 0 Å². The molecule has 1 saturated heterocycles. The summed E-state index contributed by atoms with van der Waals surface area (Å²) in [6, 6.07) is 18.1. The fourth-order valence-electron chi connectivity index (χ4n) is 3.81. The highest BCUT2D eigenvalue weighted by atomic mass is 32.1. The minimum absolute atomic E-state index is 0.0246. The monoisotopic (exact) mass is 381 g/mol. The Morgan fingerprint density at radius 2 is 1.89 bits per heavy atom. The molecule has 0 radical (unpaired) electrons. The lowest BCUT2D eigenvalue weighted by molar-refractivity contribution is -0.130. The first-order chi connectivity index (χ1) is 13.3. The summed E-state index contributed by atoms with van der Waals surface area (Å²) in [5, 5.41) is 5.27. The van der Waals surface area contributed by atoms with Gasteiger partial charge in [-0.25, -0.2) is 0 Å². The van der Waals surface area contributed by atoms with Crippen LogP contribution in [0.2, 0.25) is 0 Å². The van der Waals surface area contributed by atoms with Gasteiger partial charge in [-0.1, -0.05) is 36.4 Å². The Morgan fingerprint density at radius 3 is 2.56 bits per heavy atom. The number of amides is 1. The standard InChI is InChI=1S/C22H23NO3S/c24-21(22(10-13-25-14-11-22)17-6-2-1-3-7-17)23-16-18(19-8-4-12-26-19)20-9-5-15-27-20/h1-9,12,15,18H,10-11,13-14,16H2,(H,23,24)/t18-/m0/s1. The van der Waals surface area contributed by atoms with Crippen molar-refractivity contribution in [1.82, 2.24) is 5.32 Å². The smallest absolute Gasteiger partial charge is 0.230 e. The number of ether oxygens (including phenoxy) is 1. The molecule has 0 aliphatic carbocycles. The molecule has 0 saturated carbocycles. The minimum Gasteiger partial charge on any atom is -0.469 e. The second-order valence-electron chi connectivity index (χ2n) is 6.85. The maximum atomic E-state index is 13.4. The Kier molecular flexibility index (Phi) is 5.41. The topological polar surface area (TPSA) is 51.5 Å². The van der Waals surface area contributed by atoms with Crippen LogP contribution in [0.15, 0.2) is 70.7 Å². The highest BCUT2D eigenvalue weighted by Crippen LogP contribution is 2.36. The van der Waals surface area contributed by atoms with E-state index in [4.69, 9.17) is 9.15 Å². The lowest BCUT2D eigenvalue weighted by atomic mass is 9.73. The predicted octanol–water partition coefficient (Wildman–Crippen LogP) is 4.34. The van der Waals surface area contributed by atoms with Gasteiger partial charge in [-0.3, -0.25) is 4.79 Å². The molecule has 27 heavy (non-hydrogen) atoms. The van der Waals surface area contributed by atoms with E-state index in [1.807, 2.05) is 48.5 Å². The van der Waals surface area contributed by atoms with Gasteiger partial charge < -0.3 is 14.5 Å². The van der Waals surface area contributed by atoms with Gasteiger partial charge in [0.15, 0.2) is 0 Å². The molecule has 3 aromatic rings. The van der Waals surface area contributed by atoms with Crippen LogP contribution in [0.25, 0.3) is 0 Å². The summed E-state index contributed by atoms with van der Waals surface area (Å²) >= 11 is 1.68. The van der Waals surface area contributed by atoms with Gasteiger partial charge in [0.05, 0.1) is 17.6 Å². The van der Waals surface area contributed by atoms with Gasteiger partial charge in [-0.2, -0.15) is 0 Å².